The number of piperidine rings is 1. The third-order valence-corrected chi connectivity index (χ3v) is 3.84. The zero-order chi connectivity index (χ0) is 13.3. The van der Waals surface area contributed by atoms with E-state index in [1.807, 2.05) is 0 Å². The first-order valence-corrected chi connectivity index (χ1v) is 7.66. The van der Waals surface area contributed by atoms with Crippen molar-refractivity contribution in [3.8, 4) is 0 Å². The monoisotopic (exact) mass is 282 g/mol. The van der Waals surface area contributed by atoms with E-state index in [2.05, 4.69) is 20.2 Å². The summed E-state index contributed by atoms with van der Waals surface area (Å²) in [5.41, 5.74) is 0. The second-order valence-corrected chi connectivity index (χ2v) is 5.52. The Balaban J connectivity index is 1.51. The number of anilines is 1. The number of rotatable bonds is 7. The van der Waals surface area contributed by atoms with Crippen LogP contribution in [0.15, 0.2) is 12.5 Å². The van der Waals surface area contributed by atoms with Crippen molar-refractivity contribution in [2.24, 2.45) is 0 Å². The Morgan fingerprint density at radius 2 is 2.00 bits per heavy atom. The van der Waals surface area contributed by atoms with E-state index in [1.165, 1.54) is 58.1 Å². The lowest BCUT2D eigenvalue weighted by Gasteiger charge is -2.26. The van der Waals surface area contributed by atoms with Crippen LogP contribution in [-0.4, -0.2) is 41.0 Å². The molecular formula is C14H23ClN4. The second kappa shape index (κ2) is 8.33. The summed E-state index contributed by atoms with van der Waals surface area (Å²) < 4.78 is 0. The smallest absolute Gasteiger partial charge is 0.148 e. The Hall–Kier alpha value is -0.870. The maximum atomic E-state index is 5.97. The predicted octanol–water partition coefficient (Wildman–Crippen LogP) is 3.20. The van der Waals surface area contributed by atoms with Crippen LogP contribution in [0.2, 0.25) is 5.02 Å². The highest BCUT2D eigenvalue weighted by Crippen LogP contribution is 2.16. The van der Waals surface area contributed by atoms with Crippen LogP contribution in [0.25, 0.3) is 0 Å². The molecular weight excluding hydrogens is 260 g/mol. The first-order valence-electron chi connectivity index (χ1n) is 7.28. The van der Waals surface area contributed by atoms with Crippen LogP contribution in [0.3, 0.4) is 0 Å². The summed E-state index contributed by atoms with van der Waals surface area (Å²) in [6, 6.07) is 0. The standard InChI is InChI=1S/C14H23ClN4/c15-13-11-16-12-18-14(13)17-7-3-1-4-8-19-9-5-2-6-10-19/h11-12H,1-10H2,(H,16,17,18). The molecule has 1 fully saturated rings. The van der Waals surface area contributed by atoms with Gasteiger partial charge in [0.1, 0.15) is 17.2 Å². The van der Waals surface area contributed by atoms with Gasteiger partial charge in [-0.2, -0.15) is 0 Å². The number of nitrogens with one attached hydrogen (secondary N) is 1. The van der Waals surface area contributed by atoms with Gasteiger partial charge < -0.3 is 10.2 Å². The highest BCUT2D eigenvalue weighted by atomic mass is 35.5. The molecule has 1 aromatic rings. The van der Waals surface area contributed by atoms with Crippen molar-refractivity contribution in [3.05, 3.63) is 17.5 Å². The van der Waals surface area contributed by atoms with Crippen LogP contribution in [0.4, 0.5) is 5.82 Å². The number of hydrogen-bond donors (Lipinski definition) is 1. The molecule has 0 unspecified atom stereocenters. The quantitative estimate of drug-likeness (QED) is 0.780. The van der Waals surface area contributed by atoms with Gasteiger partial charge >= 0.3 is 0 Å². The molecule has 4 nitrogen and oxygen atoms in total. The Morgan fingerprint density at radius 3 is 2.79 bits per heavy atom. The van der Waals surface area contributed by atoms with Gasteiger partial charge in [-0.25, -0.2) is 9.97 Å². The maximum Gasteiger partial charge on any atom is 0.148 e. The highest BCUT2D eigenvalue weighted by molar-refractivity contribution is 6.32. The van der Waals surface area contributed by atoms with E-state index >= 15 is 0 Å². The molecule has 0 radical (unpaired) electrons. The molecule has 19 heavy (non-hydrogen) atoms. The van der Waals surface area contributed by atoms with Gasteiger partial charge in [0.25, 0.3) is 0 Å². The highest BCUT2D eigenvalue weighted by Gasteiger charge is 2.08. The Bertz CT molecular complexity index is 366. The number of halogens is 1. The van der Waals surface area contributed by atoms with E-state index in [1.54, 1.807) is 6.20 Å². The third kappa shape index (κ3) is 5.33. The van der Waals surface area contributed by atoms with Crippen LogP contribution >= 0.6 is 11.6 Å². The zero-order valence-corrected chi connectivity index (χ0v) is 12.2. The molecule has 0 aliphatic carbocycles. The topological polar surface area (TPSA) is 41.1 Å². The molecule has 1 N–H and O–H groups in total. The van der Waals surface area contributed by atoms with Gasteiger partial charge in [0.05, 0.1) is 6.20 Å². The summed E-state index contributed by atoms with van der Waals surface area (Å²) in [5, 5.41) is 3.85. The molecule has 1 aliphatic heterocycles. The third-order valence-electron chi connectivity index (χ3n) is 3.56. The first-order chi connectivity index (χ1) is 9.36. The summed E-state index contributed by atoms with van der Waals surface area (Å²) in [6.45, 7) is 4.79. The van der Waals surface area contributed by atoms with Crippen LogP contribution in [0, 0.1) is 0 Å². The SMILES string of the molecule is Clc1cncnc1NCCCCCN1CCCCC1. The lowest BCUT2D eigenvalue weighted by atomic mass is 10.1. The number of nitrogens with zero attached hydrogens (tertiary/aromatic N) is 3. The van der Waals surface area contributed by atoms with E-state index in [0.717, 1.165) is 18.8 Å². The molecule has 0 amide bonds. The minimum Gasteiger partial charge on any atom is -0.369 e. The van der Waals surface area contributed by atoms with Gasteiger partial charge in [0.2, 0.25) is 0 Å². The maximum absolute atomic E-state index is 5.97. The fourth-order valence-electron chi connectivity index (χ4n) is 2.47. The van der Waals surface area contributed by atoms with E-state index in [-0.39, 0.29) is 0 Å². The molecule has 0 aromatic carbocycles. The summed E-state index contributed by atoms with van der Waals surface area (Å²) in [6.07, 6.45) is 11.0. The molecule has 1 aromatic heterocycles. The van der Waals surface area contributed by atoms with Crippen molar-refractivity contribution in [3.63, 3.8) is 0 Å². The molecule has 0 atom stereocenters. The van der Waals surface area contributed by atoms with Crippen molar-refractivity contribution < 1.29 is 0 Å². The number of aromatic nitrogens is 2. The molecule has 0 bridgehead atoms. The molecule has 1 saturated heterocycles. The normalized spacial score (nSPS) is 16.5. The summed E-state index contributed by atoms with van der Waals surface area (Å²) in [7, 11) is 0. The number of hydrogen-bond acceptors (Lipinski definition) is 4. The summed E-state index contributed by atoms with van der Waals surface area (Å²) >= 11 is 5.97. The van der Waals surface area contributed by atoms with Crippen LogP contribution in [-0.2, 0) is 0 Å². The van der Waals surface area contributed by atoms with Crippen molar-refractivity contribution in [2.75, 3.05) is 31.5 Å². The predicted molar refractivity (Wildman–Crippen MR) is 79.7 cm³/mol. The number of likely N-dealkylation sites (tertiary alicyclic amines) is 1. The van der Waals surface area contributed by atoms with E-state index < -0.39 is 0 Å². The van der Waals surface area contributed by atoms with Crippen LogP contribution in [0.1, 0.15) is 38.5 Å². The molecule has 1 aliphatic rings. The molecule has 2 heterocycles. The zero-order valence-electron chi connectivity index (χ0n) is 11.4. The minimum absolute atomic E-state index is 0.593. The van der Waals surface area contributed by atoms with Gasteiger partial charge in [-0.05, 0) is 45.3 Å². The second-order valence-electron chi connectivity index (χ2n) is 5.11. The van der Waals surface area contributed by atoms with Crippen molar-refractivity contribution in [2.45, 2.75) is 38.5 Å². The van der Waals surface area contributed by atoms with Gasteiger partial charge in [-0.15, -0.1) is 0 Å². The van der Waals surface area contributed by atoms with Gasteiger partial charge in [0.15, 0.2) is 0 Å². The minimum atomic E-state index is 0.593. The van der Waals surface area contributed by atoms with Crippen LogP contribution < -0.4 is 5.32 Å². The Kier molecular flexibility index (Phi) is 6.37. The fourth-order valence-corrected chi connectivity index (χ4v) is 2.64. The Morgan fingerprint density at radius 1 is 1.16 bits per heavy atom. The Labute approximate surface area is 120 Å². The van der Waals surface area contributed by atoms with E-state index in [0.29, 0.717) is 5.02 Å². The van der Waals surface area contributed by atoms with Gasteiger partial charge in [-0.1, -0.05) is 24.4 Å². The van der Waals surface area contributed by atoms with Crippen molar-refractivity contribution in [1.82, 2.24) is 14.9 Å². The molecule has 106 valence electrons. The molecule has 0 saturated carbocycles. The van der Waals surface area contributed by atoms with Gasteiger partial charge in [-0.3, -0.25) is 0 Å². The summed E-state index contributed by atoms with van der Waals surface area (Å²) in [5.74, 6) is 0.743. The first kappa shape index (κ1) is 14.5. The molecule has 0 spiro atoms. The fraction of sp³-hybridized carbons (Fsp3) is 0.714. The number of unbranched alkanes of at least 4 members (excludes halogenated alkanes) is 2. The lowest BCUT2D eigenvalue weighted by Crippen LogP contribution is -2.30. The summed E-state index contributed by atoms with van der Waals surface area (Å²) in [4.78, 5) is 10.6. The average molecular weight is 283 g/mol. The van der Waals surface area contributed by atoms with Crippen molar-refractivity contribution >= 4 is 17.4 Å². The van der Waals surface area contributed by atoms with E-state index in [9.17, 15) is 0 Å². The lowest BCUT2D eigenvalue weighted by molar-refractivity contribution is 0.224. The molecule has 5 heteroatoms. The van der Waals surface area contributed by atoms with Crippen LogP contribution in [0.5, 0.6) is 0 Å². The molecule has 2 rings (SSSR count). The van der Waals surface area contributed by atoms with Gasteiger partial charge in [0, 0.05) is 6.54 Å². The van der Waals surface area contributed by atoms with Crippen molar-refractivity contribution in [1.29, 1.82) is 0 Å². The average Bonchev–Trinajstić information content (AvgIpc) is 2.45. The largest absolute Gasteiger partial charge is 0.369 e. The van der Waals surface area contributed by atoms with E-state index in [4.69, 9.17) is 11.6 Å².